The lowest BCUT2D eigenvalue weighted by Crippen LogP contribution is -2.21. The van der Waals surface area contributed by atoms with Crippen LogP contribution in [0.3, 0.4) is 0 Å². The van der Waals surface area contributed by atoms with Gasteiger partial charge in [-0.2, -0.15) is 0 Å². The Morgan fingerprint density at radius 1 is 1.12 bits per heavy atom. The van der Waals surface area contributed by atoms with Gasteiger partial charge in [0.15, 0.2) is 0 Å². The zero-order valence-corrected chi connectivity index (χ0v) is 14.4. The molecule has 0 fully saturated rings. The number of aliphatic hydroxyl groups excluding tert-OH is 1. The van der Waals surface area contributed by atoms with E-state index in [2.05, 4.69) is 15.6 Å². The smallest absolute Gasteiger partial charge is 0.244 e. The summed E-state index contributed by atoms with van der Waals surface area (Å²) in [6.45, 7) is 4.47. The Hall–Kier alpha value is -2.86. The van der Waals surface area contributed by atoms with Gasteiger partial charge in [0.2, 0.25) is 11.9 Å². The van der Waals surface area contributed by atoms with Gasteiger partial charge in [-0.15, -0.1) is 0 Å². The van der Waals surface area contributed by atoms with Crippen molar-refractivity contribution in [1.29, 1.82) is 0 Å². The Morgan fingerprint density at radius 2 is 1.84 bits per heavy atom. The number of imidazole rings is 1. The molecular formula is C19H22N4O2. The number of amides is 1. The molecule has 0 saturated carbocycles. The quantitative estimate of drug-likeness (QED) is 0.646. The normalized spacial score (nSPS) is 10.8. The summed E-state index contributed by atoms with van der Waals surface area (Å²) in [5, 5.41) is 15.1. The van der Waals surface area contributed by atoms with Crippen LogP contribution in [0.4, 0.5) is 11.6 Å². The third kappa shape index (κ3) is 3.64. The van der Waals surface area contributed by atoms with Crippen molar-refractivity contribution in [1.82, 2.24) is 9.55 Å². The predicted octanol–water partition coefficient (Wildman–Crippen LogP) is 2.70. The van der Waals surface area contributed by atoms with E-state index in [1.54, 1.807) is 0 Å². The van der Waals surface area contributed by atoms with Crippen LogP contribution < -0.4 is 10.6 Å². The SMILES string of the molecule is Cc1cccc(C)c1NC(=O)Cn1c(NCCO)nc2ccccc21. The lowest BCUT2D eigenvalue weighted by Gasteiger charge is -2.13. The molecule has 0 atom stereocenters. The molecule has 3 rings (SSSR count). The van der Waals surface area contributed by atoms with E-state index in [0.717, 1.165) is 27.8 Å². The van der Waals surface area contributed by atoms with Crippen LogP contribution >= 0.6 is 0 Å². The number of nitrogens with one attached hydrogen (secondary N) is 2. The summed E-state index contributed by atoms with van der Waals surface area (Å²) in [6.07, 6.45) is 0. The van der Waals surface area contributed by atoms with Gasteiger partial charge in [-0.25, -0.2) is 4.98 Å². The molecule has 1 amide bonds. The number of hydrogen-bond acceptors (Lipinski definition) is 4. The van der Waals surface area contributed by atoms with Gasteiger partial charge in [0, 0.05) is 12.2 Å². The van der Waals surface area contributed by atoms with Crippen molar-refractivity contribution in [2.24, 2.45) is 0 Å². The van der Waals surface area contributed by atoms with Crippen molar-refractivity contribution >= 4 is 28.6 Å². The summed E-state index contributed by atoms with van der Waals surface area (Å²) in [6, 6.07) is 13.6. The Labute approximate surface area is 146 Å². The van der Waals surface area contributed by atoms with Crippen molar-refractivity contribution in [3.8, 4) is 0 Å². The number of benzene rings is 2. The van der Waals surface area contributed by atoms with E-state index in [0.29, 0.717) is 12.5 Å². The van der Waals surface area contributed by atoms with Crippen molar-refractivity contribution in [3.63, 3.8) is 0 Å². The summed E-state index contributed by atoms with van der Waals surface area (Å²) < 4.78 is 1.83. The van der Waals surface area contributed by atoms with E-state index in [4.69, 9.17) is 5.11 Å². The number of anilines is 2. The number of aryl methyl sites for hydroxylation is 2. The van der Waals surface area contributed by atoms with Gasteiger partial charge in [0.05, 0.1) is 17.6 Å². The van der Waals surface area contributed by atoms with Crippen LogP contribution in [0, 0.1) is 13.8 Å². The highest BCUT2D eigenvalue weighted by molar-refractivity contribution is 5.93. The minimum Gasteiger partial charge on any atom is -0.395 e. The largest absolute Gasteiger partial charge is 0.395 e. The Balaban J connectivity index is 1.87. The standard InChI is InChI=1S/C19H22N4O2/c1-13-6-5-7-14(2)18(13)22-17(25)12-23-16-9-4-3-8-15(16)21-19(23)20-10-11-24/h3-9,24H,10-12H2,1-2H3,(H,20,21)(H,22,25). The lowest BCUT2D eigenvalue weighted by molar-refractivity contribution is -0.116. The zero-order valence-electron chi connectivity index (χ0n) is 14.4. The number of para-hydroxylation sites is 3. The summed E-state index contributed by atoms with van der Waals surface area (Å²) in [5.74, 6) is 0.458. The van der Waals surface area contributed by atoms with Gasteiger partial charge < -0.3 is 20.3 Å². The van der Waals surface area contributed by atoms with Crippen molar-refractivity contribution in [3.05, 3.63) is 53.6 Å². The fraction of sp³-hybridized carbons (Fsp3) is 0.263. The number of fused-ring (bicyclic) bond motifs is 1. The molecule has 0 saturated heterocycles. The zero-order chi connectivity index (χ0) is 17.8. The summed E-state index contributed by atoms with van der Waals surface area (Å²) in [7, 11) is 0. The molecule has 0 aliphatic carbocycles. The number of nitrogens with zero attached hydrogens (tertiary/aromatic N) is 2. The van der Waals surface area contributed by atoms with E-state index >= 15 is 0 Å². The van der Waals surface area contributed by atoms with E-state index < -0.39 is 0 Å². The second-order valence-corrected chi connectivity index (χ2v) is 5.98. The molecule has 6 heteroatoms. The van der Waals surface area contributed by atoms with Gasteiger partial charge in [0.25, 0.3) is 0 Å². The van der Waals surface area contributed by atoms with Crippen molar-refractivity contribution < 1.29 is 9.90 Å². The monoisotopic (exact) mass is 338 g/mol. The van der Waals surface area contributed by atoms with Crippen molar-refractivity contribution in [2.75, 3.05) is 23.8 Å². The van der Waals surface area contributed by atoms with Crippen LogP contribution in [0.2, 0.25) is 0 Å². The second-order valence-electron chi connectivity index (χ2n) is 5.98. The molecule has 1 aromatic heterocycles. The number of carbonyl (C=O) groups is 1. The van der Waals surface area contributed by atoms with Crippen LogP contribution in [-0.2, 0) is 11.3 Å². The molecule has 0 bridgehead atoms. The molecule has 2 aromatic carbocycles. The summed E-state index contributed by atoms with van der Waals surface area (Å²) >= 11 is 0. The van der Waals surface area contributed by atoms with Gasteiger partial charge >= 0.3 is 0 Å². The number of hydrogen-bond donors (Lipinski definition) is 3. The molecule has 0 radical (unpaired) electrons. The molecule has 0 aliphatic heterocycles. The van der Waals surface area contributed by atoms with Gasteiger partial charge in [-0.3, -0.25) is 4.79 Å². The topological polar surface area (TPSA) is 79.2 Å². The minimum atomic E-state index is -0.118. The van der Waals surface area contributed by atoms with Gasteiger partial charge in [0.1, 0.15) is 6.54 Å². The molecule has 0 spiro atoms. The van der Waals surface area contributed by atoms with Crippen LogP contribution in [0.15, 0.2) is 42.5 Å². The van der Waals surface area contributed by atoms with Crippen LogP contribution in [0.1, 0.15) is 11.1 Å². The highest BCUT2D eigenvalue weighted by atomic mass is 16.3. The summed E-state index contributed by atoms with van der Waals surface area (Å²) in [5.41, 5.74) is 4.59. The number of aliphatic hydroxyl groups is 1. The van der Waals surface area contributed by atoms with Crippen molar-refractivity contribution in [2.45, 2.75) is 20.4 Å². The van der Waals surface area contributed by atoms with Gasteiger partial charge in [-0.05, 0) is 37.1 Å². The molecule has 0 unspecified atom stereocenters. The fourth-order valence-electron chi connectivity index (χ4n) is 2.87. The molecule has 3 aromatic rings. The Morgan fingerprint density at radius 3 is 2.56 bits per heavy atom. The van der Waals surface area contributed by atoms with Crippen LogP contribution in [0.25, 0.3) is 11.0 Å². The number of carbonyl (C=O) groups excluding carboxylic acids is 1. The highest BCUT2D eigenvalue weighted by Gasteiger charge is 2.14. The highest BCUT2D eigenvalue weighted by Crippen LogP contribution is 2.22. The maximum absolute atomic E-state index is 12.6. The van der Waals surface area contributed by atoms with Crippen LogP contribution in [0.5, 0.6) is 0 Å². The second kappa shape index (κ2) is 7.36. The first-order valence-electron chi connectivity index (χ1n) is 8.26. The Bertz CT molecular complexity index is 881. The minimum absolute atomic E-state index is 0.00218. The fourth-order valence-corrected chi connectivity index (χ4v) is 2.87. The molecular weight excluding hydrogens is 316 g/mol. The van der Waals surface area contributed by atoms with E-state index in [9.17, 15) is 4.79 Å². The summed E-state index contributed by atoms with van der Waals surface area (Å²) in [4.78, 5) is 17.1. The Kier molecular flexibility index (Phi) is 5.00. The average Bonchev–Trinajstić information content (AvgIpc) is 2.94. The molecule has 25 heavy (non-hydrogen) atoms. The third-order valence-electron chi connectivity index (χ3n) is 4.10. The van der Waals surface area contributed by atoms with E-state index in [1.807, 2.05) is 60.9 Å². The molecule has 6 nitrogen and oxygen atoms in total. The molecule has 130 valence electrons. The first kappa shape index (κ1) is 17.0. The lowest BCUT2D eigenvalue weighted by atomic mass is 10.1. The average molecular weight is 338 g/mol. The third-order valence-corrected chi connectivity index (χ3v) is 4.10. The van der Waals surface area contributed by atoms with Crippen LogP contribution in [-0.4, -0.2) is 33.7 Å². The number of rotatable bonds is 6. The number of aromatic nitrogens is 2. The van der Waals surface area contributed by atoms with E-state index in [1.165, 1.54) is 0 Å². The predicted molar refractivity (Wildman–Crippen MR) is 99.9 cm³/mol. The van der Waals surface area contributed by atoms with E-state index in [-0.39, 0.29) is 19.1 Å². The maximum Gasteiger partial charge on any atom is 0.244 e. The first-order valence-corrected chi connectivity index (χ1v) is 8.26. The first-order chi connectivity index (χ1) is 12.1. The van der Waals surface area contributed by atoms with Gasteiger partial charge in [-0.1, -0.05) is 30.3 Å². The molecule has 1 heterocycles. The molecule has 3 N–H and O–H groups in total. The maximum atomic E-state index is 12.6. The molecule has 0 aliphatic rings.